The lowest BCUT2D eigenvalue weighted by atomic mass is 9.97. The molecule has 1 fully saturated rings. The normalized spacial score (nSPS) is 16.4. The van der Waals surface area contributed by atoms with Gasteiger partial charge in [-0.25, -0.2) is 9.78 Å². The van der Waals surface area contributed by atoms with Crippen LogP contribution >= 0.6 is 11.3 Å². The average Bonchev–Trinajstić information content (AvgIpc) is 3.24. The van der Waals surface area contributed by atoms with E-state index in [2.05, 4.69) is 15.6 Å². The van der Waals surface area contributed by atoms with Crippen LogP contribution in [0.5, 0.6) is 11.5 Å². The number of anilines is 1. The maximum Gasteiger partial charge on any atom is 0.317 e. The summed E-state index contributed by atoms with van der Waals surface area (Å²) < 4.78 is 10.5. The summed E-state index contributed by atoms with van der Waals surface area (Å²) in [6, 6.07) is 5.34. The van der Waals surface area contributed by atoms with E-state index in [0.717, 1.165) is 18.4 Å². The molecule has 1 aromatic carbocycles. The van der Waals surface area contributed by atoms with Gasteiger partial charge in [0.25, 0.3) is 0 Å². The van der Waals surface area contributed by atoms with E-state index in [4.69, 9.17) is 9.47 Å². The van der Waals surface area contributed by atoms with Crippen LogP contribution in [0, 0.1) is 5.92 Å². The number of hydrogen-bond acceptors (Lipinski definition) is 6. The van der Waals surface area contributed by atoms with Gasteiger partial charge >= 0.3 is 6.03 Å². The fourth-order valence-electron chi connectivity index (χ4n) is 3.15. The maximum atomic E-state index is 12.6. The Kier molecular flexibility index (Phi) is 6.70. The van der Waals surface area contributed by atoms with Gasteiger partial charge in [0.15, 0.2) is 16.6 Å². The van der Waals surface area contributed by atoms with Crippen LogP contribution in [-0.2, 0) is 11.3 Å². The summed E-state index contributed by atoms with van der Waals surface area (Å²) in [5, 5.41) is 8.12. The Balaban J connectivity index is 1.53. The second kappa shape index (κ2) is 9.41. The minimum absolute atomic E-state index is 0.0904. The van der Waals surface area contributed by atoms with Crippen LogP contribution in [0.4, 0.5) is 9.93 Å². The first-order valence-corrected chi connectivity index (χ1v) is 9.92. The Morgan fingerprint density at radius 3 is 2.82 bits per heavy atom. The van der Waals surface area contributed by atoms with E-state index in [-0.39, 0.29) is 17.9 Å². The topological polar surface area (TPSA) is 92.8 Å². The van der Waals surface area contributed by atoms with E-state index in [1.54, 1.807) is 31.4 Å². The quantitative estimate of drug-likeness (QED) is 0.772. The summed E-state index contributed by atoms with van der Waals surface area (Å²) in [6.45, 7) is 1.40. The van der Waals surface area contributed by atoms with Gasteiger partial charge in [-0.05, 0) is 30.5 Å². The highest BCUT2D eigenvalue weighted by Crippen LogP contribution is 2.27. The molecule has 0 radical (unpaired) electrons. The lowest BCUT2D eigenvalue weighted by Gasteiger charge is -2.31. The molecule has 0 bridgehead atoms. The van der Waals surface area contributed by atoms with Gasteiger partial charge < -0.3 is 25.0 Å². The first-order chi connectivity index (χ1) is 13.6. The molecule has 28 heavy (non-hydrogen) atoms. The molecule has 1 unspecified atom stereocenters. The molecule has 8 nitrogen and oxygen atoms in total. The number of carbonyl (C=O) groups is 2. The molecule has 0 saturated carbocycles. The van der Waals surface area contributed by atoms with Crippen molar-refractivity contribution in [2.75, 3.05) is 32.6 Å². The number of thiazole rings is 1. The van der Waals surface area contributed by atoms with Crippen molar-refractivity contribution in [3.63, 3.8) is 0 Å². The van der Waals surface area contributed by atoms with E-state index >= 15 is 0 Å². The minimum atomic E-state index is -0.232. The van der Waals surface area contributed by atoms with Crippen molar-refractivity contribution in [2.45, 2.75) is 19.4 Å². The second-order valence-corrected chi connectivity index (χ2v) is 7.35. The van der Waals surface area contributed by atoms with Crippen molar-refractivity contribution in [1.29, 1.82) is 0 Å². The van der Waals surface area contributed by atoms with E-state index < -0.39 is 0 Å². The summed E-state index contributed by atoms with van der Waals surface area (Å²) in [4.78, 5) is 30.7. The molecule has 150 valence electrons. The lowest BCUT2D eigenvalue weighted by molar-refractivity contribution is -0.121. The Labute approximate surface area is 167 Å². The third-order valence-electron chi connectivity index (χ3n) is 4.63. The molecule has 1 aliphatic heterocycles. The Bertz CT molecular complexity index is 812. The third kappa shape index (κ3) is 4.92. The molecule has 9 heteroatoms. The van der Waals surface area contributed by atoms with Crippen molar-refractivity contribution in [2.24, 2.45) is 5.92 Å². The summed E-state index contributed by atoms with van der Waals surface area (Å²) in [5.74, 6) is 0.936. The Morgan fingerprint density at radius 1 is 1.29 bits per heavy atom. The average molecular weight is 404 g/mol. The molecule has 1 atom stereocenters. The van der Waals surface area contributed by atoms with Gasteiger partial charge in [-0.15, -0.1) is 11.3 Å². The lowest BCUT2D eigenvalue weighted by Crippen LogP contribution is -2.47. The van der Waals surface area contributed by atoms with Crippen LogP contribution in [0.2, 0.25) is 0 Å². The van der Waals surface area contributed by atoms with Gasteiger partial charge in [0.2, 0.25) is 5.91 Å². The fourth-order valence-corrected chi connectivity index (χ4v) is 3.68. The molecule has 2 N–H and O–H groups in total. The van der Waals surface area contributed by atoms with E-state index in [1.165, 1.54) is 11.3 Å². The highest BCUT2D eigenvalue weighted by Gasteiger charge is 2.28. The first kappa shape index (κ1) is 19.9. The van der Waals surface area contributed by atoms with Gasteiger partial charge in [-0.3, -0.25) is 4.79 Å². The van der Waals surface area contributed by atoms with Crippen molar-refractivity contribution in [3.8, 4) is 11.5 Å². The number of methoxy groups -OCH3 is 2. The van der Waals surface area contributed by atoms with Crippen molar-refractivity contribution in [3.05, 3.63) is 35.3 Å². The minimum Gasteiger partial charge on any atom is -0.493 e. The molecule has 3 amide bonds. The number of ether oxygens (including phenoxy) is 2. The highest BCUT2D eigenvalue weighted by molar-refractivity contribution is 7.13. The van der Waals surface area contributed by atoms with Crippen LogP contribution in [0.15, 0.2) is 29.8 Å². The molecule has 1 saturated heterocycles. The number of urea groups is 1. The van der Waals surface area contributed by atoms with Crippen LogP contribution in [0.1, 0.15) is 18.4 Å². The summed E-state index contributed by atoms with van der Waals surface area (Å²) >= 11 is 1.38. The number of amides is 3. The van der Waals surface area contributed by atoms with Gasteiger partial charge in [-0.1, -0.05) is 6.07 Å². The van der Waals surface area contributed by atoms with Crippen molar-refractivity contribution < 1.29 is 19.1 Å². The number of nitrogens with zero attached hydrogens (tertiary/aromatic N) is 2. The number of piperidine rings is 1. The zero-order chi connectivity index (χ0) is 19.9. The summed E-state index contributed by atoms with van der Waals surface area (Å²) in [7, 11) is 3.15. The Morgan fingerprint density at radius 2 is 2.11 bits per heavy atom. The van der Waals surface area contributed by atoms with Crippen LogP contribution in [0.3, 0.4) is 0 Å². The van der Waals surface area contributed by atoms with Crippen molar-refractivity contribution >= 4 is 28.4 Å². The molecule has 2 heterocycles. The summed E-state index contributed by atoms with van der Waals surface area (Å²) in [5.41, 5.74) is 0.904. The zero-order valence-electron chi connectivity index (χ0n) is 15.9. The molecule has 1 aromatic heterocycles. The maximum absolute atomic E-state index is 12.6. The number of rotatable bonds is 6. The fraction of sp³-hybridized carbons (Fsp3) is 0.421. The van der Waals surface area contributed by atoms with Gasteiger partial charge in [0.1, 0.15) is 0 Å². The molecule has 3 rings (SSSR count). The van der Waals surface area contributed by atoms with Gasteiger partial charge in [0.05, 0.1) is 20.1 Å². The largest absolute Gasteiger partial charge is 0.493 e. The van der Waals surface area contributed by atoms with E-state index in [1.807, 2.05) is 17.5 Å². The van der Waals surface area contributed by atoms with E-state index in [9.17, 15) is 9.59 Å². The van der Waals surface area contributed by atoms with Crippen LogP contribution < -0.4 is 20.1 Å². The van der Waals surface area contributed by atoms with Gasteiger partial charge in [0, 0.05) is 31.2 Å². The van der Waals surface area contributed by atoms with Gasteiger partial charge in [-0.2, -0.15) is 0 Å². The Hall–Kier alpha value is -2.81. The smallest absolute Gasteiger partial charge is 0.317 e. The number of nitrogens with one attached hydrogen (secondary N) is 2. The molecular weight excluding hydrogens is 380 g/mol. The molecule has 0 aliphatic carbocycles. The molecule has 1 aliphatic rings. The monoisotopic (exact) mass is 404 g/mol. The number of benzene rings is 1. The predicted octanol–water partition coefficient (Wildman–Crippen LogP) is 2.72. The number of hydrogen-bond donors (Lipinski definition) is 2. The number of aromatic nitrogens is 1. The van der Waals surface area contributed by atoms with Crippen LogP contribution in [0.25, 0.3) is 0 Å². The first-order valence-electron chi connectivity index (χ1n) is 9.04. The van der Waals surface area contributed by atoms with Crippen LogP contribution in [-0.4, -0.2) is 49.1 Å². The predicted molar refractivity (Wildman–Crippen MR) is 107 cm³/mol. The molecular formula is C19H24N4O4S. The molecule has 0 spiro atoms. The summed E-state index contributed by atoms with van der Waals surface area (Å²) in [6.07, 6.45) is 3.20. The molecule has 2 aromatic rings. The standard InChI is InChI=1S/C19H24N4O4S/c1-26-15-6-5-13(10-16(15)27-2)11-21-19(25)23-8-3-4-14(12-23)17(24)22-18-20-7-9-28-18/h5-7,9-10,14H,3-4,8,11-12H2,1-2H3,(H,21,25)(H,20,22,24). The van der Waals surface area contributed by atoms with Crippen molar-refractivity contribution in [1.82, 2.24) is 15.2 Å². The highest BCUT2D eigenvalue weighted by atomic mass is 32.1. The number of carbonyl (C=O) groups excluding carboxylic acids is 2. The SMILES string of the molecule is COc1ccc(CNC(=O)N2CCCC(C(=O)Nc3nccs3)C2)cc1OC. The second-order valence-electron chi connectivity index (χ2n) is 6.46. The third-order valence-corrected chi connectivity index (χ3v) is 5.32. The zero-order valence-corrected chi connectivity index (χ0v) is 16.8. The van der Waals surface area contributed by atoms with E-state index in [0.29, 0.717) is 36.3 Å². The number of likely N-dealkylation sites (tertiary alicyclic amines) is 1.